The van der Waals surface area contributed by atoms with Crippen molar-refractivity contribution in [3.8, 4) is 0 Å². The fourth-order valence-electron chi connectivity index (χ4n) is 2.82. The zero-order valence-corrected chi connectivity index (χ0v) is 15.5. The van der Waals surface area contributed by atoms with Crippen molar-refractivity contribution in [2.75, 3.05) is 39.8 Å². The molecule has 2 aromatic rings. The molecule has 0 amide bonds. The highest BCUT2D eigenvalue weighted by atomic mass is 32.2. The number of hydrogen-bond donors (Lipinski definition) is 1. The Labute approximate surface area is 152 Å². The van der Waals surface area contributed by atoms with Gasteiger partial charge in [0.25, 0.3) is 0 Å². The molecule has 11 heteroatoms. The molecule has 0 aromatic carbocycles. The van der Waals surface area contributed by atoms with Crippen molar-refractivity contribution in [1.82, 2.24) is 29.5 Å². The van der Waals surface area contributed by atoms with Crippen LogP contribution in [0.5, 0.6) is 0 Å². The molecular formula is C15H23N7O3S. The van der Waals surface area contributed by atoms with Gasteiger partial charge in [-0.15, -0.1) is 0 Å². The molecule has 0 spiro atoms. The van der Waals surface area contributed by atoms with Crippen molar-refractivity contribution < 1.29 is 12.9 Å². The van der Waals surface area contributed by atoms with Crippen LogP contribution >= 0.6 is 0 Å². The minimum absolute atomic E-state index is 0.139. The molecule has 1 fully saturated rings. The van der Waals surface area contributed by atoms with Gasteiger partial charge in [-0.05, 0) is 6.07 Å². The first-order valence-electron chi connectivity index (χ1n) is 8.38. The molecule has 0 bridgehead atoms. The second-order valence-corrected chi connectivity index (χ2v) is 7.85. The Balaban J connectivity index is 1.48. The minimum atomic E-state index is -3.40. The Hall–Kier alpha value is -2.40. The first-order valence-corrected chi connectivity index (χ1v) is 9.99. The van der Waals surface area contributed by atoms with Crippen LogP contribution in [0, 0.1) is 0 Å². The quantitative estimate of drug-likeness (QED) is 0.535. The summed E-state index contributed by atoms with van der Waals surface area (Å²) in [6.45, 7) is 3.43. The standard InChI is InChI=1S/C15H23N7O3S/c1-16-15(17-5-7-21-6-2-4-18-21)20-8-10-22(11-9-20)26(23,24)13-14-3-12-25-19-14/h2-4,6,12H,5,7-11,13H2,1H3,(H,16,17). The third-order valence-corrected chi connectivity index (χ3v) is 5.96. The van der Waals surface area contributed by atoms with E-state index in [0.717, 1.165) is 12.5 Å². The maximum absolute atomic E-state index is 12.5. The maximum Gasteiger partial charge on any atom is 0.220 e. The van der Waals surface area contributed by atoms with Crippen LogP contribution in [0.3, 0.4) is 0 Å². The Morgan fingerprint density at radius 3 is 2.77 bits per heavy atom. The number of piperazine rings is 1. The molecule has 10 nitrogen and oxygen atoms in total. The molecule has 0 saturated carbocycles. The first-order chi connectivity index (χ1) is 12.6. The van der Waals surface area contributed by atoms with Crippen molar-refractivity contribution in [2.24, 2.45) is 4.99 Å². The van der Waals surface area contributed by atoms with E-state index in [1.807, 2.05) is 16.9 Å². The molecule has 1 aliphatic rings. The van der Waals surface area contributed by atoms with Gasteiger partial charge in [0.1, 0.15) is 12.0 Å². The monoisotopic (exact) mass is 381 g/mol. The van der Waals surface area contributed by atoms with Crippen molar-refractivity contribution in [3.63, 3.8) is 0 Å². The summed E-state index contributed by atoms with van der Waals surface area (Å²) in [5, 5.41) is 11.1. The third-order valence-electron chi connectivity index (χ3n) is 4.15. The Kier molecular flexibility index (Phi) is 5.89. The average molecular weight is 381 g/mol. The zero-order chi connectivity index (χ0) is 18.4. The highest BCUT2D eigenvalue weighted by Gasteiger charge is 2.28. The number of nitrogens with zero attached hydrogens (tertiary/aromatic N) is 6. The van der Waals surface area contributed by atoms with Crippen molar-refractivity contribution in [1.29, 1.82) is 0 Å². The van der Waals surface area contributed by atoms with Gasteiger partial charge in [0, 0.05) is 58.2 Å². The third kappa shape index (κ3) is 4.61. The van der Waals surface area contributed by atoms with Gasteiger partial charge in [-0.25, -0.2) is 8.42 Å². The van der Waals surface area contributed by atoms with Gasteiger partial charge >= 0.3 is 0 Å². The molecule has 3 rings (SSSR count). The summed E-state index contributed by atoms with van der Waals surface area (Å²) in [4.78, 5) is 6.35. The maximum atomic E-state index is 12.5. The molecule has 0 unspecified atom stereocenters. The van der Waals surface area contributed by atoms with E-state index in [9.17, 15) is 8.42 Å². The molecular weight excluding hydrogens is 358 g/mol. The Bertz CT molecular complexity index is 794. The van der Waals surface area contributed by atoms with Crippen molar-refractivity contribution in [2.45, 2.75) is 12.3 Å². The highest BCUT2D eigenvalue weighted by Crippen LogP contribution is 2.12. The summed E-state index contributed by atoms with van der Waals surface area (Å²) >= 11 is 0. The van der Waals surface area contributed by atoms with Crippen LogP contribution in [0.1, 0.15) is 5.69 Å². The fraction of sp³-hybridized carbons (Fsp3) is 0.533. The number of aromatic nitrogens is 3. The van der Waals surface area contributed by atoms with Gasteiger partial charge in [-0.3, -0.25) is 9.67 Å². The highest BCUT2D eigenvalue weighted by molar-refractivity contribution is 7.88. The van der Waals surface area contributed by atoms with Crippen LogP contribution in [0.25, 0.3) is 0 Å². The molecule has 1 N–H and O–H groups in total. The van der Waals surface area contributed by atoms with Gasteiger partial charge in [0.2, 0.25) is 10.0 Å². The van der Waals surface area contributed by atoms with Crippen molar-refractivity contribution >= 4 is 16.0 Å². The number of hydrogen-bond acceptors (Lipinski definition) is 6. The van der Waals surface area contributed by atoms with E-state index >= 15 is 0 Å². The van der Waals surface area contributed by atoms with Crippen LogP contribution in [-0.2, 0) is 22.3 Å². The van der Waals surface area contributed by atoms with Gasteiger partial charge in [-0.2, -0.15) is 9.40 Å². The SMILES string of the molecule is CN=C(NCCn1cccn1)N1CCN(S(=O)(=O)Cc2ccon2)CC1. The van der Waals surface area contributed by atoms with Gasteiger partial charge in [0.15, 0.2) is 5.96 Å². The Morgan fingerprint density at radius 1 is 1.35 bits per heavy atom. The molecule has 26 heavy (non-hydrogen) atoms. The minimum Gasteiger partial charge on any atom is -0.364 e. The molecule has 2 aromatic heterocycles. The number of rotatable bonds is 6. The van der Waals surface area contributed by atoms with E-state index in [1.165, 1.54) is 10.6 Å². The number of aliphatic imine (C=N–C) groups is 1. The second kappa shape index (κ2) is 8.32. The molecule has 0 atom stereocenters. The molecule has 0 aliphatic carbocycles. The molecule has 1 saturated heterocycles. The average Bonchev–Trinajstić information content (AvgIpc) is 3.33. The molecule has 3 heterocycles. The smallest absolute Gasteiger partial charge is 0.220 e. The van der Waals surface area contributed by atoms with E-state index in [1.54, 1.807) is 19.3 Å². The lowest BCUT2D eigenvalue weighted by Crippen LogP contribution is -2.54. The van der Waals surface area contributed by atoms with Gasteiger partial charge in [-0.1, -0.05) is 5.16 Å². The summed E-state index contributed by atoms with van der Waals surface area (Å²) in [5.74, 6) is 0.631. The van der Waals surface area contributed by atoms with E-state index in [4.69, 9.17) is 4.52 Å². The van der Waals surface area contributed by atoms with E-state index in [2.05, 4.69) is 25.5 Å². The fourth-order valence-corrected chi connectivity index (χ4v) is 4.24. The van der Waals surface area contributed by atoms with Crippen LogP contribution < -0.4 is 5.32 Å². The van der Waals surface area contributed by atoms with Crippen LogP contribution in [-0.4, -0.2) is 78.3 Å². The molecule has 1 aliphatic heterocycles. The summed E-state index contributed by atoms with van der Waals surface area (Å²) < 4.78 is 33.0. The Morgan fingerprint density at radius 2 is 2.15 bits per heavy atom. The van der Waals surface area contributed by atoms with E-state index in [0.29, 0.717) is 38.4 Å². The number of guanidine groups is 1. The normalized spacial score (nSPS) is 16.8. The van der Waals surface area contributed by atoms with E-state index in [-0.39, 0.29) is 5.75 Å². The molecule has 0 radical (unpaired) electrons. The summed E-state index contributed by atoms with van der Waals surface area (Å²) in [7, 11) is -1.67. The second-order valence-electron chi connectivity index (χ2n) is 5.88. The predicted molar refractivity (Wildman–Crippen MR) is 95.9 cm³/mol. The number of nitrogens with one attached hydrogen (secondary N) is 1. The lowest BCUT2D eigenvalue weighted by molar-refractivity contribution is 0.259. The van der Waals surface area contributed by atoms with E-state index < -0.39 is 10.0 Å². The van der Waals surface area contributed by atoms with Crippen LogP contribution in [0.15, 0.2) is 40.3 Å². The summed E-state index contributed by atoms with van der Waals surface area (Å²) in [6, 6.07) is 3.45. The largest absolute Gasteiger partial charge is 0.364 e. The zero-order valence-electron chi connectivity index (χ0n) is 14.7. The van der Waals surface area contributed by atoms with Gasteiger partial charge in [0.05, 0.1) is 12.2 Å². The van der Waals surface area contributed by atoms with Crippen LogP contribution in [0.4, 0.5) is 0 Å². The topological polar surface area (TPSA) is 109 Å². The summed E-state index contributed by atoms with van der Waals surface area (Å²) in [6.07, 6.45) is 5.03. The number of sulfonamides is 1. The first kappa shape index (κ1) is 18.4. The lowest BCUT2D eigenvalue weighted by atomic mass is 10.4. The summed E-state index contributed by atoms with van der Waals surface area (Å²) in [5.41, 5.74) is 0.420. The van der Waals surface area contributed by atoms with Crippen molar-refractivity contribution in [3.05, 3.63) is 36.5 Å². The van der Waals surface area contributed by atoms with Gasteiger partial charge < -0.3 is 14.7 Å². The van der Waals surface area contributed by atoms with Crippen LogP contribution in [0.2, 0.25) is 0 Å². The lowest BCUT2D eigenvalue weighted by Gasteiger charge is -2.35. The molecule has 142 valence electrons. The predicted octanol–water partition coefficient (Wildman–Crippen LogP) is -0.406.